The molecule has 1 atom stereocenters. The molecule has 0 bridgehead atoms. The van der Waals surface area contributed by atoms with E-state index in [4.69, 9.17) is 0 Å². The van der Waals surface area contributed by atoms with Crippen LogP contribution in [0, 0.1) is 5.41 Å². The van der Waals surface area contributed by atoms with E-state index in [0.29, 0.717) is 43.7 Å². The first-order valence-electron chi connectivity index (χ1n) is 10.2. The minimum atomic E-state index is -0.424. The van der Waals surface area contributed by atoms with Gasteiger partial charge in [0.05, 0.1) is 0 Å². The van der Waals surface area contributed by atoms with Crippen LogP contribution in [0.4, 0.5) is 5.69 Å². The number of rotatable bonds is 6. The maximum atomic E-state index is 12.7. The number of hydrogen-bond donors (Lipinski definition) is 1. The Bertz CT molecular complexity index is 703. The van der Waals surface area contributed by atoms with Crippen molar-refractivity contribution < 1.29 is 14.4 Å². The molecule has 6 nitrogen and oxygen atoms in total. The van der Waals surface area contributed by atoms with Crippen LogP contribution in [-0.2, 0) is 9.59 Å². The maximum Gasteiger partial charge on any atom is 0.253 e. The van der Waals surface area contributed by atoms with Crippen LogP contribution in [0.1, 0.15) is 64.2 Å². The van der Waals surface area contributed by atoms with Crippen LogP contribution >= 0.6 is 0 Å². The molecule has 1 heterocycles. The van der Waals surface area contributed by atoms with Gasteiger partial charge in [0, 0.05) is 37.3 Å². The summed E-state index contributed by atoms with van der Waals surface area (Å²) < 4.78 is 0. The molecule has 1 N–H and O–H groups in total. The first kappa shape index (κ1) is 21.9. The maximum absolute atomic E-state index is 12.7. The quantitative estimate of drug-likeness (QED) is 0.812. The Labute approximate surface area is 168 Å². The van der Waals surface area contributed by atoms with E-state index in [0.717, 1.165) is 6.42 Å². The highest BCUT2D eigenvalue weighted by molar-refractivity contribution is 5.98. The topological polar surface area (TPSA) is 69.7 Å². The molecule has 1 saturated heterocycles. The lowest BCUT2D eigenvalue weighted by Gasteiger charge is -2.27. The Morgan fingerprint density at radius 3 is 2.25 bits per heavy atom. The Balaban J connectivity index is 2.02. The van der Waals surface area contributed by atoms with Crippen LogP contribution < -0.4 is 5.32 Å². The average Bonchev–Trinajstić information content (AvgIpc) is 3.12. The summed E-state index contributed by atoms with van der Waals surface area (Å²) in [7, 11) is 0. The van der Waals surface area contributed by atoms with Crippen LogP contribution in [-0.4, -0.2) is 53.2 Å². The molecule has 2 rings (SSSR count). The standard InChI is InChI=1S/C22H33N3O3/c1-6-24(7-2)21(28)16-10-12-17(13-11-16)23-20(27)18-9-8-14-25(18)19(26)15-22(3,4)5/h10-13,18H,6-9,14-15H2,1-5H3,(H,23,27). The first-order valence-corrected chi connectivity index (χ1v) is 10.2. The van der Waals surface area contributed by atoms with Gasteiger partial charge >= 0.3 is 0 Å². The van der Waals surface area contributed by atoms with Gasteiger partial charge in [0.1, 0.15) is 6.04 Å². The summed E-state index contributed by atoms with van der Waals surface area (Å²) in [5.74, 6) is -0.148. The van der Waals surface area contributed by atoms with Crippen LogP contribution in [0.5, 0.6) is 0 Å². The van der Waals surface area contributed by atoms with Gasteiger partial charge in [0.25, 0.3) is 5.91 Å². The fourth-order valence-electron chi connectivity index (χ4n) is 3.51. The third-order valence-electron chi connectivity index (χ3n) is 5.01. The first-order chi connectivity index (χ1) is 13.2. The SMILES string of the molecule is CCN(CC)C(=O)c1ccc(NC(=O)C2CCCN2C(=O)CC(C)(C)C)cc1. The van der Waals surface area contributed by atoms with Crippen molar-refractivity contribution in [3.63, 3.8) is 0 Å². The van der Waals surface area contributed by atoms with E-state index in [2.05, 4.69) is 5.32 Å². The van der Waals surface area contributed by atoms with E-state index in [-0.39, 0.29) is 23.1 Å². The second-order valence-electron chi connectivity index (χ2n) is 8.53. The molecule has 1 aliphatic heterocycles. The van der Waals surface area contributed by atoms with Crippen molar-refractivity contribution in [3.8, 4) is 0 Å². The predicted octanol–water partition coefficient (Wildman–Crippen LogP) is 3.53. The second kappa shape index (κ2) is 9.22. The minimum Gasteiger partial charge on any atom is -0.339 e. The monoisotopic (exact) mass is 387 g/mol. The number of carbonyl (C=O) groups is 3. The van der Waals surface area contributed by atoms with Gasteiger partial charge in [-0.05, 0) is 56.4 Å². The van der Waals surface area contributed by atoms with Gasteiger partial charge in [-0.2, -0.15) is 0 Å². The Morgan fingerprint density at radius 2 is 1.71 bits per heavy atom. The molecule has 3 amide bonds. The van der Waals surface area contributed by atoms with Crippen molar-refractivity contribution >= 4 is 23.4 Å². The molecular weight excluding hydrogens is 354 g/mol. The van der Waals surface area contributed by atoms with Gasteiger partial charge in [-0.3, -0.25) is 14.4 Å². The van der Waals surface area contributed by atoms with Crippen molar-refractivity contribution in [1.82, 2.24) is 9.80 Å². The van der Waals surface area contributed by atoms with E-state index in [9.17, 15) is 14.4 Å². The van der Waals surface area contributed by atoms with Crippen molar-refractivity contribution in [1.29, 1.82) is 0 Å². The molecule has 6 heteroatoms. The smallest absolute Gasteiger partial charge is 0.253 e. The largest absolute Gasteiger partial charge is 0.339 e. The molecule has 0 radical (unpaired) electrons. The zero-order valence-electron chi connectivity index (χ0n) is 17.7. The molecule has 0 saturated carbocycles. The van der Waals surface area contributed by atoms with Gasteiger partial charge in [-0.1, -0.05) is 20.8 Å². The van der Waals surface area contributed by atoms with Crippen LogP contribution in [0.3, 0.4) is 0 Å². The number of carbonyl (C=O) groups excluding carboxylic acids is 3. The molecule has 154 valence electrons. The van der Waals surface area contributed by atoms with E-state index < -0.39 is 6.04 Å². The molecule has 1 aromatic rings. The van der Waals surface area contributed by atoms with Gasteiger partial charge in [0.15, 0.2) is 0 Å². The predicted molar refractivity (Wildman–Crippen MR) is 111 cm³/mol. The number of hydrogen-bond acceptors (Lipinski definition) is 3. The third kappa shape index (κ3) is 5.57. The van der Waals surface area contributed by atoms with E-state index >= 15 is 0 Å². The van der Waals surface area contributed by atoms with E-state index in [1.165, 1.54) is 0 Å². The van der Waals surface area contributed by atoms with Crippen LogP contribution in [0.2, 0.25) is 0 Å². The normalized spacial score (nSPS) is 16.8. The van der Waals surface area contributed by atoms with Crippen molar-refractivity contribution in [3.05, 3.63) is 29.8 Å². The lowest BCUT2D eigenvalue weighted by molar-refractivity contribution is -0.138. The zero-order chi connectivity index (χ0) is 20.9. The molecule has 0 aliphatic carbocycles. The average molecular weight is 388 g/mol. The summed E-state index contributed by atoms with van der Waals surface area (Å²) in [6.07, 6.45) is 1.95. The molecule has 0 aromatic heterocycles. The van der Waals surface area contributed by atoms with E-state index in [1.54, 1.807) is 34.1 Å². The summed E-state index contributed by atoms with van der Waals surface area (Å²) in [6.45, 7) is 11.9. The summed E-state index contributed by atoms with van der Waals surface area (Å²) in [5.41, 5.74) is 1.13. The van der Waals surface area contributed by atoms with Crippen molar-refractivity contribution in [2.75, 3.05) is 25.0 Å². The van der Waals surface area contributed by atoms with Crippen molar-refractivity contribution in [2.45, 2.75) is 59.9 Å². The number of benzene rings is 1. The number of nitrogens with zero attached hydrogens (tertiary/aromatic N) is 2. The summed E-state index contributed by atoms with van der Waals surface area (Å²) >= 11 is 0. The van der Waals surface area contributed by atoms with Gasteiger partial charge < -0.3 is 15.1 Å². The minimum absolute atomic E-state index is 0.0161. The zero-order valence-corrected chi connectivity index (χ0v) is 17.7. The molecule has 0 spiro atoms. The summed E-state index contributed by atoms with van der Waals surface area (Å²) in [5, 5.41) is 2.90. The lowest BCUT2D eigenvalue weighted by atomic mass is 9.91. The van der Waals surface area contributed by atoms with Crippen molar-refractivity contribution in [2.24, 2.45) is 5.41 Å². The molecule has 1 aromatic carbocycles. The third-order valence-corrected chi connectivity index (χ3v) is 5.01. The number of amides is 3. The fourth-order valence-corrected chi connectivity index (χ4v) is 3.51. The summed E-state index contributed by atoms with van der Waals surface area (Å²) in [4.78, 5) is 41.1. The van der Waals surface area contributed by atoms with E-state index in [1.807, 2.05) is 34.6 Å². The Kier molecular flexibility index (Phi) is 7.22. The fraction of sp³-hybridized carbons (Fsp3) is 0.591. The lowest BCUT2D eigenvalue weighted by Crippen LogP contribution is -2.44. The highest BCUT2D eigenvalue weighted by atomic mass is 16.2. The van der Waals surface area contributed by atoms with Gasteiger partial charge in [0.2, 0.25) is 11.8 Å². The highest BCUT2D eigenvalue weighted by Crippen LogP contribution is 2.25. The number of anilines is 1. The highest BCUT2D eigenvalue weighted by Gasteiger charge is 2.35. The number of likely N-dealkylation sites (tertiary alicyclic amines) is 1. The Morgan fingerprint density at radius 1 is 1.11 bits per heavy atom. The van der Waals surface area contributed by atoms with Crippen LogP contribution in [0.25, 0.3) is 0 Å². The second-order valence-corrected chi connectivity index (χ2v) is 8.53. The Hall–Kier alpha value is -2.37. The van der Waals surface area contributed by atoms with Gasteiger partial charge in [-0.15, -0.1) is 0 Å². The molecule has 1 unspecified atom stereocenters. The van der Waals surface area contributed by atoms with Gasteiger partial charge in [-0.25, -0.2) is 0 Å². The summed E-state index contributed by atoms with van der Waals surface area (Å²) in [6, 6.07) is 6.52. The molecule has 1 fully saturated rings. The molecule has 1 aliphatic rings. The van der Waals surface area contributed by atoms with Crippen LogP contribution in [0.15, 0.2) is 24.3 Å². The number of nitrogens with one attached hydrogen (secondary N) is 1. The molecular formula is C22H33N3O3. The molecule has 28 heavy (non-hydrogen) atoms.